The number of rotatable bonds is 10. The van der Waals surface area contributed by atoms with Crippen LogP contribution in [0.15, 0.2) is 78.4 Å². The zero-order valence-electron chi connectivity index (χ0n) is 20.4. The first kappa shape index (κ1) is 26.5. The van der Waals surface area contributed by atoms with Crippen LogP contribution in [0.2, 0.25) is 0 Å². The number of allylic oxidation sites excluding steroid dienone is 6. The third kappa shape index (κ3) is 6.95. The number of likely N-dealkylation sites (N-methyl/N-ethyl adjacent to an activating group) is 1. The smallest absolute Gasteiger partial charge is 0.240 e. The first-order chi connectivity index (χ1) is 16.7. The number of anilines is 1. The Labute approximate surface area is 208 Å². The van der Waals surface area contributed by atoms with Crippen molar-refractivity contribution < 1.29 is 8.42 Å². The summed E-state index contributed by atoms with van der Waals surface area (Å²) in [7, 11) is -1.58. The van der Waals surface area contributed by atoms with E-state index in [-0.39, 0.29) is 10.7 Å². The lowest BCUT2D eigenvalue weighted by Crippen LogP contribution is -2.46. The highest BCUT2D eigenvalue weighted by Gasteiger charge is 2.18. The predicted molar refractivity (Wildman–Crippen MR) is 143 cm³/mol. The van der Waals surface area contributed by atoms with E-state index in [1.807, 2.05) is 25.2 Å². The van der Waals surface area contributed by atoms with Crippen LogP contribution < -0.4 is 10.5 Å². The molecule has 8 nitrogen and oxygen atoms in total. The summed E-state index contributed by atoms with van der Waals surface area (Å²) in [4.78, 5) is 13.6. The van der Waals surface area contributed by atoms with E-state index in [2.05, 4.69) is 44.7 Å². The minimum absolute atomic E-state index is 0.173. The zero-order chi connectivity index (χ0) is 25.4. The molecule has 1 aromatic heterocycles. The molecule has 35 heavy (non-hydrogen) atoms. The van der Waals surface area contributed by atoms with E-state index in [9.17, 15) is 8.42 Å². The van der Waals surface area contributed by atoms with Crippen molar-refractivity contribution in [3.63, 3.8) is 0 Å². The van der Waals surface area contributed by atoms with Crippen LogP contribution in [-0.2, 0) is 10.0 Å². The molecule has 0 saturated carbocycles. The summed E-state index contributed by atoms with van der Waals surface area (Å²) in [6.45, 7) is 14.7. The molecule has 1 fully saturated rings. The van der Waals surface area contributed by atoms with Gasteiger partial charge >= 0.3 is 0 Å². The van der Waals surface area contributed by atoms with Gasteiger partial charge in [-0.3, -0.25) is 4.90 Å². The van der Waals surface area contributed by atoms with Gasteiger partial charge in [0.1, 0.15) is 11.5 Å². The summed E-state index contributed by atoms with van der Waals surface area (Å²) in [6.07, 6.45) is 8.84. The molecule has 0 radical (unpaired) electrons. The van der Waals surface area contributed by atoms with Crippen LogP contribution in [0.4, 0.5) is 5.82 Å². The molecule has 0 atom stereocenters. The Bertz CT molecular complexity index is 1230. The largest absolute Gasteiger partial charge is 0.382 e. The van der Waals surface area contributed by atoms with Crippen molar-refractivity contribution in [2.24, 2.45) is 0 Å². The minimum Gasteiger partial charge on any atom is -0.382 e. The molecule has 3 rings (SSSR count). The summed E-state index contributed by atoms with van der Waals surface area (Å²) in [5.41, 5.74) is 8.98. The maximum Gasteiger partial charge on any atom is 0.240 e. The number of nitrogens with two attached hydrogens (primary N) is 1. The molecule has 0 spiro atoms. The molecule has 2 aromatic rings. The molecule has 0 unspecified atom stereocenters. The van der Waals surface area contributed by atoms with Gasteiger partial charge in [0, 0.05) is 50.4 Å². The van der Waals surface area contributed by atoms with E-state index in [0.717, 1.165) is 31.8 Å². The Balaban J connectivity index is 1.78. The Hall–Kier alpha value is -3.11. The molecule has 2 heterocycles. The van der Waals surface area contributed by atoms with E-state index < -0.39 is 10.0 Å². The summed E-state index contributed by atoms with van der Waals surface area (Å²) in [6, 6.07) is 6.65. The molecule has 9 heteroatoms. The van der Waals surface area contributed by atoms with E-state index in [0.29, 0.717) is 35.6 Å². The lowest BCUT2D eigenvalue weighted by Gasteiger charge is -2.32. The van der Waals surface area contributed by atoms with Crippen molar-refractivity contribution in [1.29, 1.82) is 0 Å². The van der Waals surface area contributed by atoms with Gasteiger partial charge < -0.3 is 10.6 Å². The average Bonchev–Trinajstić information content (AvgIpc) is 2.86. The van der Waals surface area contributed by atoms with E-state index >= 15 is 0 Å². The third-order valence-electron chi connectivity index (χ3n) is 5.88. The standard InChI is InChI=1S/C26H34N6O2S/c1-5-7-9-21(6-2)20(3)25-26(27)28-19-24(30-25)22-10-8-11-23(18-22)35(33,34)29-12-13-32-16-14-31(4)15-17-32/h5-11,18-19,29H,2-3,12-17H2,1,4H3,(H2,27,28)/b7-5-,21-9+. The molecule has 0 amide bonds. The second-order valence-corrected chi connectivity index (χ2v) is 10.2. The van der Waals surface area contributed by atoms with Crippen LogP contribution in [0.3, 0.4) is 0 Å². The van der Waals surface area contributed by atoms with Gasteiger partial charge in [0.15, 0.2) is 0 Å². The van der Waals surface area contributed by atoms with Crippen LogP contribution in [0.1, 0.15) is 12.6 Å². The fraction of sp³-hybridized carbons (Fsp3) is 0.308. The molecule has 1 aliphatic rings. The summed E-state index contributed by atoms with van der Waals surface area (Å²) in [5, 5.41) is 0. The van der Waals surface area contributed by atoms with Gasteiger partial charge in [0.05, 0.1) is 16.8 Å². The number of nitrogens with zero attached hydrogens (tertiary/aromatic N) is 4. The molecule has 1 aromatic carbocycles. The minimum atomic E-state index is -3.67. The Morgan fingerprint density at radius 3 is 2.69 bits per heavy atom. The van der Waals surface area contributed by atoms with Crippen molar-refractivity contribution in [3.8, 4) is 11.3 Å². The van der Waals surface area contributed by atoms with Gasteiger partial charge in [-0.1, -0.05) is 49.6 Å². The van der Waals surface area contributed by atoms with Crippen LogP contribution in [0, 0.1) is 0 Å². The highest BCUT2D eigenvalue weighted by molar-refractivity contribution is 7.89. The summed E-state index contributed by atoms with van der Waals surface area (Å²) in [5.74, 6) is 0.237. The summed E-state index contributed by atoms with van der Waals surface area (Å²) < 4.78 is 28.6. The van der Waals surface area contributed by atoms with Gasteiger partial charge in [0.2, 0.25) is 10.0 Å². The van der Waals surface area contributed by atoms with E-state index in [1.165, 1.54) is 6.20 Å². The van der Waals surface area contributed by atoms with Crippen LogP contribution in [-0.4, -0.2) is 74.5 Å². The fourth-order valence-electron chi connectivity index (χ4n) is 3.70. The Morgan fingerprint density at radius 1 is 1.26 bits per heavy atom. The monoisotopic (exact) mass is 494 g/mol. The fourth-order valence-corrected chi connectivity index (χ4v) is 4.77. The number of hydrogen-bond donors (Lipinski definition) is 2. The summed E-state index contributed by atoms with van der Waals surface area (Å²) >= 11 is 0. The zero-order valence-corrected chi connectivity index (χ0v) is 21.3. The third-order valence-corrected chi connectivity index (χ3v) is 7.34. The van der Waals surface area contributed by atoms with Gasteiger partial charge in [0.25, 0.3) is 0 Å². The molecule has 0 bridgehead atoms. The van der Waals surface area contributed by atoms with Gasteiger partial charge in [-0.25, -0.2) is 23.1 Å². The van der Waals surface area contributed by atoms with E-state index in [1.54, 1.807) is 30.3 Å². The maximum absolute atomic E-state index is 12.9. The van der Waals surface area contributed by atoms with Crippen molar-refractivity contribution in [2.75, 3.05) is 52.0 Å². The van der Waals surface area contributed by atoms with Crippen molar-refractivity contribution >= 4 is 21.4 Å². The molecular weight excluding hydrogens is 460 g/mol. The second-order valence-electron chi connectivity index (χ2n) is 8.39. The predicted octanol–water partition coefficient (Wildman–Crippen LogP) is 2.95. The normalized spacial score (nSPS) is 16.0. The second kappa shape index (κ2) is 12.0. The van der Waals surface area contributed by atoms with Crippen LogP contribution in [0.5, 0.6) is 0 Å². The lowest BCUT2D eigenvalue weighted by atomic mass is 10.0. The number of nitrogen functional groups attached to an aromatic ring is 1. The van der Waals surface area contributed by atoms with Gasteiger partial charge in [-0.15, -0.1) is 0 Å². The molecule has 186 valence electrons. The number of piperazine rings is 1. The number of hydrogen-bond acceptors (Lipinski definition) is 7. The van der Waals surface area contributed by atoms with Crippen LogP contribution >= 0.6 is 0 Å². The Kier molecular flexibility index (Phi) is 9.11. The van der Waals surface area contributed by atoms with Crippen LogP contribution in [0.25, 0.3) is 16.8 Å². The molecule has 3 N–H and O–H groups in total. The first-order valence-corrected chi connectivity index (χ1v) is 13.0. The molecule has 1 saturated heterocycles. The van der Waals surface area contributed by atoms with Gasteiger partial charge in [-0.2, -0.15) is 0 Å². The highest BCUT2D eigenvalue weighted by Crippen LogP contribution is 2.28. The molecule has 0 aliphatic carbocycles. The van der Waals surface area contributed by atoms with Crippen molar-refractivity contribution in [1.82, 2.24) is 24.5 Å². The first-order valence-electron chi connectivity index (χ1n) is 11.5. The highest BCUT2D eigenvalue weighted by atomic mass is 32.2. The number of aromatic nitrogens is 2. The Morgan fingerprint density at radius 2 is 2.00 bits per heavy atom. The maximum atomic E-state index is 12.9. The van der Waals surface area contributed by atoms with E-state index in [4.69, 9.17) is 5.73 Å². The quantitative estimate of drug-likeness (QED) is 0.489. The number of nitrogens with one attached hydrogen (secondary N) is 1. The number of benzene rings is 1. The van der Waals surface area contributed by atoms with Crippen molar-refractivity contribution in [3.05, 3.63) is 79.2 Å². The van der Waals surface area contributed by atoms with Crippen molar-refractivity contribution in [2.45, 2.75) is 11.8 Å². The number of sulfonamides is 1. The molecule has 1 aliphatic heterocycles. The average molecular weight is 495 g/mol. The topological polar surface area (TPSA) is 104 Å². The lowest BCUT2D eigenvalue weighted by molar-refractivity contribution is 0.156. The molecular formula is C26H34N6O2S. The SMILES string of the molecule is C=C/C(=C\C=C/C)C(=C)c1nc(-c2cccc(S(=O)(=O)NCCN3CCN(C)CC3)c2)cnc1N. The van der Waals surface area contributed by atoms with Gasteiger partial charge in [-0.05, 0) is 31.7 Å².